The lowest BCUT2D eigenvalue weighted by Crippen LogP contribution is -2.34. The smallest absolute Gasteiger partial charge is 0.216 e. The summed E-state index contributed by atoms with van der Waals surface area (Å²) in [5.41, 5.74) is 0.674. The van der Waals surface area contributed by atoms with E-state index in [9.17, 15) is 15.0 Å². The highest BCUT2D eigenvalue weighted by Gasteiger charge is 2.18. The summed E-state index contributed by atoms with van der Waals surface area (Å²) in [6, 6.07) is 1.74. The molecule has 0 aliphatic carbocycles. The highest BCUT2D eigenvalue weighted by molar-refractivity contribution is 7.07. The third kappa shape index (κ3) is 3.10. The van der Waals surface area contributed by atoms with Gasteiger partial charge in [-0.3, -0.25) is 4.79 Å². The summed E-state index contributed by atoms with van der Waals surface area (Å²) in [4.78, 5) is 10.6. The Bertz CT molecular complexity index is 286. The van der Waals surface area contributed by atoms with Gasteiger partial charge in [0, 0.05) is 13.5 Å². The lowest BCUT2D eigenvalue weighted by molar-refractivity contribution is -0.119. The van der Waals surface area contributed by atoms with Crippen LogP contribution in [0.25, 0.3) is 0 Å². The van der Waals surface area contributed by atoms with Gasteiger partial charge >= 0.3 is 0 Å². The van der Waals surface area contributed by atoms with Gasteiger partial charge in [0.1, 0.15) is 12.2 Å². The van der Waals surface area contributed by atoms with Crippen LogP contribution in [-0.2, 0) is 4.79 Å². The van der Waals surface area contributed by atoms with Crippen molar-refractivity contribution in [2.45, 2.75) is 19.1 Å². The van der Waals surface area contributed by atoms with Crippen LogP contribution in [0.4, 0.5) is 0 Å². The molecule has 0 bridgehead atoms. The minimum atomic E-state index is -0.964. The van der Waals surface area contributed by atoms with Gasteiger partial charge in [-0.05, 0) is 22.4 Å². The first-order valence-corrected chi connectivity index (χ1v) is 5.18. The largest absolute Gasteiger partial charge is 0.388 e. The van der Waals surface area contributed by atoms with Gasteiger partial charge in [-0.25, -0.2) is 0 Å². The average molecular weight is 215 g/mol. The predicted octanol–water partition coefficient (Wildman–Crippen LogP) is 0.278. The summed E-state index contributed by atoms with van der Waals surface area (Å²) in [6.07, 6.45) is -1.90. The Morgan fingerprint density at radius 2 is 2.36 bits per heavy atom. The number of hydrogen-bond donors (Lipinski definition) is 3. The van der Waals surface area contributed by atoms with Crippen LogP contribution in [0.15, 0.2) is 16.8 Å². The molecule has 2 atom stereocenters. The normalized spacial score (nSPS) is 14.8. The molecule has 0 radical (unpaired) electrons. The third-order valence-electron chi connectivity index (χ3n) is 1.81. The molecule has 1 aromatic heterocycles. The van der Waals surface area contributed by atoms with Gasteiger partial charge in [-0.2, -0.15) is 11.3 Å². The van der Waals surface area contributed by atoms with Gasteiger partial charge in [0.05, 0.1) is 0 Å². The molecule has 78 valence electrons. The quantitative estimate of drug-likeness (QED) is 0.675. The van der Waals surface area contributed by atoms with Crippen molar-refractivity contribution in [3.63, 3.8) is 0 Å². The first kappa shape index (κ1) is 11.2. The zero-order valence-electron chi connectivity index (χ0n) is 7.80. The van der Waals surface area contributed by atoms with E-state index in [1.165, 1.54) is 18.3 Å². The van der Waals surface area contributed by atoms with Crippen LogP contribution in [-0.4, -0.2) is 28.8 Å². The first-order valence-electron chi connectivity index (χ1n) is 4.24. The van der Waals surface area contributed by atoms with Crippen LogP contribution in [0, 0.1) is 0 Å². The molecule has 1 heterocycles. The number of hydrogen-bond acceptors (Lipinski definition) is 4. The Hall–Kier alpha value is -0.910. The Morgan fingerprint density at radius 1 is 1.64 bits per heavy atom. The van der Waals surface area contributed by atoms with Crippen molar-refractivity contribution in [2.75, 3.05) is 6.54 Å². The second-order valence-corrected chi connectivity index (χ2v) is 3.79. The molecule has 1 amide bonds. The van der Waals surface area contributed by atoms with Crippen molar-refractivity contribution in [2.24, 2.45) is 0 Å². The maximum Gasteiger partial charge on any atom is 0.216 e. The third-order valence-corrected chi connectivity index (χ3v) is 2.51. The minimum Gasteiger partial charge on any atom is -0.388 e. The van der Waals surface area contributed by atoms with Gasteiger partial charge < -0.3 is 15.5 Å². The highest BCUT2D eigenvalue weighted by Crippen LogP contribution is 2.18. The van der Waals surface area contributed by atoms with Crippen molar-refractivity contribution in [1.82, 2.24) is 5.32 Å². The number of thiophene rings is 1. The number of amides is 1. The summed E-state index contributed by atoms with van der Waals surface area (Å²) >= 11 is 1.45. The minimum absolute atomic E-state index is 0.0619. The highest BCUT2D eigenvalue weighted by atomic mass is 32.1. The van der Waals surface area contributed by atoms with E-state index in [2.05, 4.69) is 5.32 Å². The molecule has 0 aromatic carbocycles. The van der Waals surface area contributed by atoms with Crippen molar-refractivity contribution in [3.05, 3.63) is 22.4 Å². The lowest BCUT2D eigenvalue weighted by atomic mass is 10.1. The van der Waals surface area contributed by atoms with E-state index in [0.29, 0.717) is 5.56 Å². The van der Waals surface area contributed by atoms with E-state index in [1.54, 1.807) is 11.4 Å². The molecule has 3 N–H and O–H groups in total. The van der Waals surface area contributed by atoms with Crippen LogP contribution >= 0.6 is 11.3 Å². The molecule has 1 rings (SSSR count). The summed E-state index contributed by atoms with van der Waals surface area (Å²) in [5.74, 6) is -0.221. The van der Waals surface area contributed by atoms with Crippen molar-refractivity contribution >= 4 is 17.2 Å². The second-order valence-electron chi connectivity index (χ2n) is 3.01. The summed E-state index contributed by atoms with van der Waals surface area (Å²) in [6.45, 7) is 1.43. The molecule has 4 nitrogen and oxygen atoms in total. The molecule has 0 fully saturated rings. The molecular formula is C9H13NO3S. The molecule has 0 spiro atoms. The van der Waals surface area contributed by atoms with E-state index in [1.807, 2.05) is 5.38 Å². The van der Waals surface area contributed by atoms with Crippen molar-refractivity contribution in [1.29, 1.82) is 0 Å². The number of carbonyl (C=O) groups is 1. The Labute approximate surface area is 86.2 Å². The van der Waals surface area contributed by atoms with Gasteiger partial charge in [-0.15, -0.1) is 0 Å². The number of aliphatic hydroxyl groups excluding tert-OH is 2. The zero-order valence-corrected chi connectivity index (χ0v) is 8.62. The van der Waals surface area contributed by atoms with E-state index >= 15 is 0 Å². The molecule has 2 unspecified atom stereocenters. The van der Waals surface area contributed by atoms with Crippen molar-refractivity contribution < 1.29 is 15.0 Å². The molecule has 0 aliphatic rings. The van der Waals surface area contributed by atoms with Gasteiger partial charge in [0.15, 0.2) is 0 Å². The van der Waals surface area contributed by atoms with Crippen LogP contribution in [0.2, 0.25) is 0 Å². The van der Waals surface area contributed by atoms with E-state index < -0.39 is 12.2 Å². The number of nitrogens with one attached hydrogen (secondary N) is 1. The van der Waals surface area contributed by atoms with E-state index in [4.69, 9.17) is 0 Å². The van der Waals surface area contributed by atoms with Crippen LogP contribution < -0.4 is 5.32 Å². The molecule has 1 aromatic rings. The first-order chi connectivity index (χ1) is 6.61. The van der Waals surface area contributed by atoms with E-state index in [0.717, 1.165) is 0 Å². The maximum atomic E-state index is 10.6. The van der Waals surface area contributed by atoms with Gasteiger partial charge in [0.25, 0.3) is 0 Å². The molecule has 5 heteroatoms. The predicted molar refractivity (Wildman–Crippen MR) is 54.0 cm³/mol. The molecular weight excluding hydrogens is 202 g/mol. The Balaban J connectivity index is 2.44. The standard InChI is InChI=1S/C9H13NO3S/c1-6(11)10-4-8(12)9(13)7-2-3-14-5-7/h2-3,5,8-9,12-13H,4H2,1H3,(H,10,11). The summed E-state index contributed by atoms with van der Waals surface area (Å²) < 4.78 is 0. The zero-order chi connectivity index (χ0) is 10.6. The van der Waals surface area contributed by atoms with Gasteiger partial charge in [-0.1, -0.05) is 0 Å². The fourth-order valence-corrected chi connectivity index (χ4v) is 1.71. The number of carbonyl (C=O) groups excluding carboxylic acids is 1. The average Bonchev–Trinajstić information content (AvgIpc) is 2.65. The number of rotatable bonds is 4. The lowest BCUT2D eigenvalue weighted by Gasteiger charge is -2.16. The Kier molecular flexibility index (Phi) is 4.06. The monoisotopic (exact) mass is 215 g/mol. The summed E-state index contributed by atoms with van der Waals surface area (Å²) in [7, 11) is 0. The molecule has 0 saturated heterocycles. The fourth-order valence-electron chi connectivity index (χ4n) is 1.03. The topological polar surface area (TPSA) is 69.6 Å². The van der Waals surface area contributed by atoms with Gasteiger partial charge in [0.2, 0.25) is 5.91 Å². The fraction of sp³-hybridized carbons (Fsp3) is 0.444. The SMILES string of the molecule is CC(=O)NCC(O)C(O)c1ccsc1. The maximum absolute atomic E-state index is 10.6. The van der Waals surface area contributed by atoms with Crippen LogP contribution in [0.5, 0.6) is 0 Å². The van der Waals surface area contributed by atoms with Crippen LogP contribution in [0.1, 0.15) is 18.6 Å². The van der Waals surface area contributed by atoms with Crippen LogP contribution in [0.3, 0.4) is 0 Å². The molecule has 0 aliphatic heterocycles. The van der Waals surface area contributed by atoms with Crippen molar-refractivity contribution in [3.8, 4) is 0 Å². The number of aliphatic hydroxyl groups is 2. The molecule has 0 saturated carbocycles. The second kappa shape index (κ2) is 5.09. The van der Waals surface area contributed by atoms with E-state index in [-0.39, 0.29) is 12.5 Å². The molecule has 14 heavy (non-hydrogen) atoms. The Morgan fingerprint density at radius 3 is 2.86 bits per heavy atom. The summed E-state index contributed by atoms with van der Waals surface area (Å²) in [5, 5.41) is 25.1.